The molecule has 30 heavy (non-hydrogen) atoms. The van der Waals surface area contributed by atoms with Crippen LogP contribution in [-0.4, -0.2) is 41.1 Å². The van der Waals surface area contributed by atoms with Crippen molar-refractivity contribution in [1.29, 1.82) is 0 Å². The van der Waals surface area contributed by atoms with E-state index in [2.05, 4.69) is 43.2 Å². The first-order valence-corrected chi connectivity index (χ1v) is 12.7. The van der Waals surface area contributed by atoms with Gasteiger partial charge < -0.3 is 15.5 Å². The normalized spacial score (nSPS) is 16.3. The van der Waals surface area contributed by atoms with Crippen molar-refractivity contribution in [1.82, 2.24) is 15.0 Å². The van der Waals surface area contributed by atoms with Crippen LogP contribution >= 0.6 is 0 Å². The minimum atomic E-state index is 0.676. The Hall–Kier alpha value is -1.59. The van der Waals surface area contributed by atoms with Crippen molar-refractivity contribution < 1.29 is 0 Å². The highest BCUT2D eigenvalue weighted by Gasteiger charge is 2.17. The Balaban J connectivity index is 2.07. The van der Waals surface area contributed by atoms with Crippen LogP contribution in [0.3, 0.4) is 0 Å². The summed E-state index contributed by atoms with van der Waals surface area (Å²) in [5.41, 5.74) is 0. The van der Waals surface area contributed by atoms with Gasteiger partial charge in [0.25, 0.3) is 0 Å². The van der Waals surface area contributed by atoms with Crippen LogP contribution in [0.2, 0.25) is 0 Å². The van der Waals surface area contributed by atoms with Gasteiger partial charge in [0.05, 0.1) is 0 Å². The third-order valence-electron chi connectivity index (χ3n) is 6.45. The molecular formula is C24H46N6. The highest BCUT2D eigenvalue weighted by molar-refractivity contribution is 5.44. The zero-order chi connectivity index (χ0) is 21.6. The van der Waals surface area contributed by atoms with Crippen LogP contribution in [0.25, 0.3) is 0 Å². The summed E-state index contributed by atoms with van der Waals surface area (Å²) in [5.74, 6) is 3.64. The molecule has 2 unspecified atom stereocenters. The fourth-order valence-electron chi connectivity index (χ4n) is 4.12. The zero-order valence-electron chi connectivity index (χ0n) is 20.1. The minimum absolute atomic E-state index is 0.676. The van der Waals surface area contributed by atoms with Crippen molar-refractivity contribution in [3.8, 4) is 0 Å². The number of aromatic nitrogens is 3. The number of rotatable bonds is 15. The van der Waals surface area contributed by atoms with Gasteiger partial charge in [0, 0.05) is 26.2 Å². The molecule has 0 saturated carbocycles. The fourth-order valence-corrected chi connectivity index (χ4v) is 4.12. The van der Waals surface area contributed by atoms with Crippen molar-refractivity contribution in [2.24, 2.45) is 11.8 Å². The van der Waals surface area contributed by atoms with Crippen molar-refractivity contribution >= 4 is 17.8 Å². The Morgan fingerprint density at radius 3 is 1.67 bits per heavy atom. The molecule has 1 aliphatic rings. The van der Waals surface area contributed by atoms with Gasteiger partial charge in [0.15, 0.2) is 0 Å². The second-order valence-corrected chi connectivity index (χ2v) is 8.93. The summed E-state index contributed by atoms with van der Waals surface area (Å²) in [6.07, 6.45) is 13.8. The molecule has 0 spiro atoms. The lowest BCUT2D eigenvalue weighted by Crippen LogP contribution is -2.32. The molecule has 172 valence electrons. The maximum Gasteiger partial charge on any atom is 0.231 e. The molecule has 1 aliphatic heterocycles. The summed E-state index contributed by atoms with van der Waals surface area (Å²) in [7, 11) is 0. The van der Waals surface area contributed by atoms with E-state index in [1.54, 1.807) is 0 Å². The molecular weight excluding hydrogens is 372 g/mol. The summed E-state index contributed by atoms with van der Waals surface area (Å²) in [4.78, 5) is 16.6. The number of nitrogens with one attached hydrogen (secondary N) is 2. The van der Waals surface area contributed by atoms with Crippen LogP contribution in [0.5, 0.6) is 0 Å². The predicted molar refractivity (Wildman–Crippen MR) is 129 cm³/mol. The zero-order valence-corrected chi connectivity index (χ0v) is 20.1. The molecule has 1 aromatic heterocycles. The molecule has 0 amide bonds. The van der Waals surface area contributed by atoms with E-state index in [0.29, 0.717) is 11.8 Å². The molecule has 6 heteroatoms. The SMILES string of the molecule is CCCCC(CC)CNc1nc(NCC(CC)CCCC)nc(N2CCCCC2)n1. The van der Waals surface area contributed by atoms with Crippen molar-refractivity contribution in [2.45, 2.75) is 98.3 Å². The fraction of sp³-hybridized carbons (Fsp3) is 0.875. The number of hydrogen-bond acceptors (Lipinski definition) is 6. The van der Waals surface area contributed by atoms with Gasteiger partial charge in [-0.15, -0.1) is 0 Å². The van der Waals surface area contributed by atoms with Gasteiger partial charge in [-0.1, -0.05) is 66.2 Å². The quantitative estimate of drug-likeness (QED) is 0.358. The van der Waals surface area contributed by atoms with E-state index in [-0.39, 0.29) is 0 Å². The summed E-state index contributed by atoms with van der Waals surface area (Å²) in [6, 6.07) is 0. The van der Waals surface area contributed by atoms with Gasteiger partial charge in [-0.3, -0.25) is 0 Å². The Morgan fingerprint density at radius 1 is 0.733 bits per heavy atom. The summed E-state index contributed by atoms with van der Waals surface area (Å²) in [6.45, 7) is 13.1. The molecule has 1 aromatic rings. The average molecular weight is 419 g/mol. The van der Waals surface area contributed by atoms with Gasteiger partial charge in [-0.2, -0.15) is 15.0 Å². The van der Waals surface area contributed by atoms with Crippen LogP contribution in [-0.2, 0) is 0 Å². The Bertz CT molecular complexity index is 535. The predicted octanol–water partition coefficient (Wildman–Crippen LogP) is 6.12. The van der Waals surface area contributed by atoms with Crippen LogP contribution in [0.1, 0.15) is 98.3 Å². The molecule has 2 N–H and O–H groups in total. The second-order valence-electron chi connectivity index (χ2n) is 8.93. The molecule has 2 atom stereocenters. The third kappa shape index (κ3) is 8.65. The first-order chi connectivity index (χ1) is 14.7. The van der Waals surface area contributed by atoms with Crippen LogP contribution in [0.15, 0.2) is 0 Å². The molecule has 0 aromatic carbocycles. The van der Waals surface area contributed by atoms with Crippen LogP contribution in [0.4, 0.5) is 17.8 Å². The molecule has 6 nitrogen and oxygen atoms in total. The first kappa shape index (κ1) is 24.7. The smallest absolute Gasteiger partial charge is 0.231 e. The summed E-state index contributed by atoms with van der Waals surface area (Å²) >= 11 is 0. The molecule has 1 fully saturated rings. The third-order valence-corrected chi connectivity index (χ3v) is 6.45. The molecule has 0 bridgehead atoms. The number of hydrogen-bond donors (Lipinski definition) is 2. The summed E-state index contributed by atoms with van der Waals surface area (Å²) in [5, 5.41) is 7.06. The van der Waals surface area contributed by atoms with Crippen molar-refractivity contribution in [2.75, 3.05) is 41.7 Å². The van der Waals surface area contributed by atoms with E-state index in [9.17, 15) is 0 Å². The van der Waals surface area contributed by atoms with E-state index in [1.165, 1.54) is 70.6 Å². The number of piperidine rings is 1. The topological polar surface area (TPSA) is 66.0 Å². The molecule has 1 saturated heterocycles. The Kier molecular flexibility index (Phi) is 11.9. The lowest BCUT2D eigenvalue weighted by Gasteiger charge is -2.27. The Labute approximate surface area is 185 Å². The highest BCUT2D eigenvalue weighted by atomic mass is 15.3. The molecule has 0 aliphatic carbocycles. The van der Waals surface area contributed by atoms with E-state index in [4.69, 9.17) is 15.0 Å². The second kappa shape index (κ2) is 14.4. The lowest BCUT2D eigenvalue weighted by molar-refractivity contribution is 0.470. The molecule has 2 rings (SSSR count). The van der Waals surface area contributed by atoms with Crippen LogP contribution < -0.4 is 15.5 Å². The van der Waals surface area contributed by atoms with Crippen molar-refractivity contribution in [3.63, 3.8) is 0 Å². The van der Waals surface area contributed by atoms with E-state index in [0.717, 1.165) is 44.0 Å². The largest absolute Gasteiger partial charge is 0.354 e. The van der Waals surface area contributed by atoms with Gasteiger partial charge in [0.2, 0.25) is 17.8 Å². The van der Waals surface area contributed by atoms with E-state index in [1.807, 2.05) is 0 Å². The minimum Gasteiger partial charge on any atom is -0.354 e. The highest BCUT2D eigenvalue weighted by Crippen LogP contribution is 2.20. The monoisotopic (exact) mass is 418 g/mol. The maximum atomic E-state index is 4.79. The number of unbranched alkanes of at least 4 members (excludes halogenated alkanes) is 2. The van der Waals surface area contributed by atoms with Gasteiger partial charge in [-0.05, 0) is 43.9 Å². The van der Waals surface area contributed by atoms with Gasteiger partial charge in [-0.25, -0.2) is 0 Å². The molecule has 2 heterocycles. The number of anilines is 3. The average Bonchev–Trinajstić information content (AvgIpc) is 2.80. The summed E-state index contributed by atoms with van der Waals surface area (Å²) < 4.78 is 0. The number of nitrogens with zero attached hydrogens (tertiary/aromatic N) is 4. The van der Waals surface area contributed by atoms with Gasteiger partial charge in [0.1, 0.15) is 0 Å². The maximum absolute atomic E-state index is 4.79. The first-order valence-electron chi connectivity index (χ1n) is 12.7. The van der Waals surface area contributed by atoms with Gasteiger partial charge >= 0.3 is 0 Å². The van der Waals surface area contributed by atoms with E-state index >= 15 is 0 Å². The standard InChI is InChI=1S/C24H46N6/c1-5-9-14-20(7-3)18-25-22-27-23(26-19-21(8-4)15-10-6-2)29-24(28-22)30-16-12-11-13-17-30/h20-21H,5-19H2,1-4H3,(H2,25,26,27,28,29). The molecule has 0 radical (unpaired) electrons. The Morgan fingerprint density at radius 2 is 1.23 bits per heavy atom. The lowest BCUT2D eigenvalue weighted by atomic mass is 9.99. The van der Waals surface area contributed by atoms with E-state index < -0.39 is 0 Å². The van der Waals surface area contributed by atoms with Crippen LogP contribution in [0, 0.1) is 11.8 Å². The van der Waals surface area contributed by atoms with Crippen molar-refractivity contribution in [3.05, 3.63) is 0 Å².